The van der Waals surface area contributed by atoms with Gasteiger partial charge in [-0.3, -0.25) is 0 Å². The first-order valence-electron chi connectivity index (χ1n) is 6.44. The molecule has 2 rings (SSSR count). The van der Waals surface area contributed by atoms with Gasteiger partial charge in [-0.25, -0.2) is 0 Å². The number of hydrogen-bond acceptors (Lipinski definition) is 4. The summed E-state index contributed by atoms with van der Waals surface area (Å²) in [6, 6.07) is 0.00448. The molecule has 4 heteroatoms. The van der Waals surface area contributed by atoms with Crippen molar-refractivity contribution in [1.82, 2.24) is 5.32 Å². The topological polar surface area (TPSA) is 59.6 Å². The second-order valence-corrected chi connectivity index (χ2v) is 5.30. The summed E-state index contributed by atoms with van der Waals surface area (Å²) in [5, 5.41) is 7.51. The van der Waals surface area contributed by atoms with E-state index in [0.717, 1.165) is 5.84 Å². The van der Waals surface area contributed by atoms with Gasteiger partial charge in [-0.1, -0.05) is 38.3 Å². The SMILES string of the molecule is CC(C)C(N)C1NC(C2CCCCC2)=NO1. The van der Waals surface area contributed by atoms with Crippen molar-refractivity contribution in [1.29, 1.82) is 0 Å². The molecule has 0 aromatic heterocycles. The fourth-order valence-corrected chi connectivity index (χ4v) is 2.40. The van der Waals surface area contributed by atoms with E-state index < -0.39 is 0 Å². The van der Waals surface area contributed by atoms with Crippen LogP contribution in [0.5, 0.6) is 0 Å². The fraction of sp³-hybridized carbons (Fsp3) is 0.917. The Hall–Kier alpha value is -0.770. The predicted octanol–water partition coefficient (Wildman–Crippen LogP) is 1.81. The van der Waals surface area contributed by atoms with Crippen LogP contribution >= 0.6 is 0 Å². The van der Waals surface area contributed by atoms with Gasteiger partial charge in [0.25, 0.3) is 0 Å². The van der Waals surface area contributed by atoms with E-state index in [2.05, 4.69) is 24.3 Å². The van der Waals surface area contributed by atoms with E-state index in [1.165, 1.54) is 32.1 Å². The molecule has 0 aromatic rings. The zero-order valence-corrected chi connectivity index (χ0v) is 10.3. The van der Waals surface area contributed by atoms with E-state index >= 15 is 0 Å². The molecule has 0 radical (unpaired) electrons. The summed E-state index contributed by atoms with van der Waals surface area (Å²) in [5.41, 5.74) is 6.05. The minimum Gasteiger partial charge on any atom is -0.367 e. The molecule has 1 saturated carbocycles. The molecule has 1 heterocycles. The maximum absolute atomic E-state index is 6.05. The van der Waals surface area contributed by atoms with Crippen molar-refractivity contribution in [2.45, 2.75) is 58.2 Å². The lowest BCUT2D eigenvalue weighted by Gasteiger charge is -2.24. The van der Waals surface area contributed by atoms with Gasteiger partial charge in [0.05, 0.1) is 6.04 Å². The van der Waals surface area contributed by atoms with E-state index in [4.69, 9.17) is 10.6 Å². The number of nitrogens with two attached hydrogens (primary N) is 1. The van der Waals surface area contributed by atoms with Crippen LogP contribution in [-0.4, -0.2) is 18.1 Å². The van der Waals surface area contributed by atoms with E-state index in [9.17, 15) is 0 Å². The van der Waals surface area contributed by atoms with E-state index in [-0.39, 0.29) is 12.3 Å². The molecule has 1 aliphatic heterocycles. The van der Waals surface area contributed by atoms with Gasteiger partial charge in [-0.15, -0.1) is 0 Å². The Bertz CT molecular complexity index is 259. The number of hydrogen-bond donors (Lipinski definition) is 2. The van der Waals surface area contributed by atoms with Crippen molar-refractivity contribution in [2.75, 3.05) is 0 Å². The smallest absolute Gasteiger partial charge is 0.214 e. The minimum atomic E-state index is -0.128. The van der Waals surface area contributed by atoms with Crippen molar-refractivity contribution >= 4 is 5.84 Å². The third-order valence-corrected chi connectivity index (χ3v) is 3.67. The van der Waals surface area contributed by atoms with Crippen molar-refractivity contribution in [3.8, 4) is 0 Å². The third kappa shape index (κ3) is 2.48. The summed E-state index contributed by atoms with van der Waals surface area (Å²) in [6.07, 6.45) is 6.33. The van der Waals surface area contributed by atoms with Gasteiger partial charge in [0.15, 0.2) is 0 Å². The second-order valence-electron chi connectivity index (χ2n) is 5.30. The van der Waals surface area contributed by atoms with Crippen molar-refractivity contribution < 1.29 is 4.84 Å². The Balaban J connectivity index is 1.86. The van der Waals surface area contributed by atoms with E-state index in [1.807, 2.05) is 0 Å². The monoisotopic (exact) mass is 225 g/mol. The maximum atomic E-state index is 6.05. The first-order chi connectivity index (χ1) is 7.68. The minimum absolute atomic E-state index is 0.00448. The summed E-state index contributed by atoms with van der Waals surface area (Å²) >= 11 is 0. The zero-order chi connectivity index (χ0) is 11.5. The highest BCUT2D eigenvalue weighted by Crippen LogP contribution is 2.26. The van der Waals surface area contributed by atoms with Crippen LogP contribution in [0.4, 0.5) is 0 Å². The highest BCUT2D eigenvalue weighted by Gasteiger charge is 2.31. The van der Waals surface area contributed by atoms with Crippen molar-refractivity contribution in [3.05, 3.63) is 0 Å². The molecule has 16 heavy (non-hydrogen) atoms. The largest absolute Gasteiger partial charge is 0.367 e. The molecule has 1 fully saturated rings. The van der Waals surface area contributed by atoms with Crippen molar-refractivity contribution in [3.63, 3.8) is 0 Å². The Labute approximate surface area is 97.6 Å². The molecule has 4 nitrogen and oxygen atoms in total. The highest BCUT2D eigenvalue weighted by molar-refractivity contribution is 5.85. The quantitative estimate of drug-likeness (QED) is 0.770. The van der Waals surface area contributed by atoms with Crippen LogP contribution in [-0.2, 0) is 4.84 Å². The zero-order valence-electron chi connectivity index (χ0n) is 10.3. The van der Waals surface area contributed by atoms with Gasteiger partial charge in [0.1, 0.15) is 5.84 Å². The first kappa shape index (κ1) is 11.7. The number of nitrogens with one attached hydrogen (secondary N) is 1. The third-order valence-electron chi connectivity index (χ3n) is 3.67. The molecule has 2 unspecified atom stereocenters. The fourth-order valence-electron chi connectivity index (χ4n) is 2.40. The lowest BCUT2D eigenvalue weighted by atomic mass is 9.88. The normalized spacial score (nSPS) is 28.5. The molecular weight excluding hydrogens is 202 g/mol. The lowest BCUT2D eigenvalue weighted by Crippen LogP contribution is -2.48. The molecule has 0 saturated heterocycles. The van der Waals surface area contributed by atoms with Gasteiger partial charge in [-0.2, -0.15) is 0 Å². The van der Waals surface area contributed by atoms with Gasteiger partial charge in [0.2, 0.25) is 6.23 Å². The maximum Gasteiger partial charge on any atom is 0.214 e. The number of nitrogens with zero attached hydrogens (tertiary/aromatic N) is 1. The van der Waals surface area contributed by atoms with Crippen LogP contribution in [0.25, 0.3) is 0 Å². The standard InChI is InChI=1S/C12H23N3O/c1-8(2)10(13)12-14-11(15-16-12)9-6-4-3-5-7-9/h8-10,12H,3-7,13H2,1-2H3,(H,14,15). The molecule has 0 bridgehead atoms. The Morgan fingerprint density at radius 3 is 2.62 bits per heavy atom. The molecule has 0 aromatic carbocycles. The summed E-state index contributed by atoms with van der Waals surface area (Å²) in [4.78, 5) is 5.39. The van der Waals surface area contributed by atoms with Crippen molar-refractivity contribution in [2.24, 2.45) is 22.7 Å². The van der Waals surface area contributed by atoms with Crippen LogP contribution in [0, 0.1) is 11.8 Å². The molecule has 2 atom stereocenters. The van der Waals surface area contributed by atoms with E-state index in [0.29, 0.717) is 11.8 Å². The number of amidine groups is 1. The molecule has 1 aliphatic carbocycles. The first-order valence-corrected chi connectivity index (χ1v) is 6.44. The molecule has 2 aliphatic rings. The van der Waals surface area contributed by atoms with Gasteiger partial charge in [0, 0.05) is 5.92 Å². The number of rotatable bonds is 3. The number of oxime groups is 1. The van der Waals surface area contributed by atoms with Gasteiger partial charge >= 0.3 is 0 Å². The summed E-state index contributed by atoms with van der Waals surface area (Å²) in [6.45, 7) is 4.21. The predicted molar refractivity (Wildman–Crippen MR) is 64.8 cm³/mol. The Kier molecular flexibility index (Phi) is 3.69. The van der Waals surface area contributed by atoms with Crippen LogP contribution in [0.15, 0.2) is 5.16 Å². The summed E-state index contributed by atoms with van der Waals surface area (Å²) in [5.74, 6) is 2.00. The molecule has 0 spiro atoms. The van der Waals surface area contributed by atoms with Gasteiger partial charge < -0.3 is 15.9 Å². The Morgan fingerprint density at radius 2 is 2.00 bits per heavy atom. The summed E-state index contributed by atoms with van der Waals surface area (Å²) < 4.78 is 0. The molecular formula is C12H23N3O. The average Bonchev–Trinajstić information content (AvgIpc) is 2.78. The van der Waals surface area contributed by atoms with Crippen LogP contribution in [0.1, 0.15) is 46.0 Å². The van der Waals surface area contributed by atoms with Crippen LogP contribution in [0.2, 0.25) is 0 Å². The lowest BCUT2D eigenvalue weighted by molar-refractivity contribution is 0.0416. The Morgan fingerprint density at radius 1 is 1.31 bits per heavy atom. The van der Waals surface area contributed by atoms with Gasteiger partial charge in [-0.05, 0) is 18.8 Å². The second kappa shape index (κ2) is 5.04. The van der Waals surface area contributed by atoms with Crippen LogP contribution < -0.4 is 11.1 Å². The molecule has 3 N–H and O–H groups in total. The highest BCUT2D eigenvalue weighted by atomic mass is 16.7. The average molecular weight is 225 g/mol. The molecule has 92 valence electrons. The summed E-state index contributed by atoms with van der Waals surface area (Å²) in [7, 11) is 0. The molecule has 0 amide bonds. The van der Waals surface area contributed by atoms with Crippen LogP contribution in [0.3, 0.4) is 0 Å². The van der Waals surface area contributed by atoms with E-state index in [1.54, 1.807) is 0 Å².